The predicted molar refractivity (Wildman–Crippen MR) is 97.2 cm³/mol. The average Bonchev–Trinajstić information content (AvgIpc) is 3.03. The molecule has 0 aliphatic rings. The molecule has 2 aromatic carbocycles. The second kappa shape index (κ2) is 7.05. The molecule has 0 aliphatic heterocycles. The molecule has 0 spiro atoms. The van der Waals surface area contributed by atoms with E-state index in [1.54, 1.807) is 0 Å². The Morgan fingerprint density at radius 3 is 2.29 bits per heavy atom. The lowest BCUT2D eigenvalue weighted by molar-refractivity contribution is 0.488. The number of aryl methyl sites for hydroxylation is 1. The number of rotatable bonds is 5. The van der Waals surface area contributed by atoms with E-state index < -0.39 is 0 Å². The van der Waals surface area contributed by atoms with Crippen molar-refractivity contribution < 1.29 is 4.42 Å². The fourth-order valence-corrected chi connectivity index (χ4v) is 2.61. The zero-order valence-corrected chi connectivity index (χ0v) is 14.8. The minimum Gasteiger partial charge on any atom is -0.419 e. The van der Waals surface area contributed by atoms with Gasteiger partial charge in [-0.25, -0.2) is 0 Å². The third-order valence-electron chi connectivity index (χ3n) is 3.85. The number of anilines is 1. The molecule has 4 nitrogen and oxygen atoms in total. The Labute approximate surface area is 147 Å². The summed E-state index contributed by atoms with van der Waals surface area (Å²) in [6.45, 7) is 6.95. The fraction of sp³-hybridized carbons (Fsp3) is 0.263. The van der Waals surface area contributed by atoms with Crippen LogP contribution in [0.25, 0.3) is 11.5 Å². The molecule has 0 amide bonds. The summed E-state index contributed by atoms with van der Waals surface area (Å²) in [6.07, 6.45) is 0. The summed E-state index contributed by atoms with van der Waals surface area (Å²) in [5.41, 5.74) is 3.25. The Hall–Kier alpha value is -2.33. The van der Waals surface area contributed by atoms with Gasteiger partial charge in [-0.3, -0.25) is 0 Å². The number of aromatic nitrogens is 2. The summed E-state index contributed by atoms with van der Waals surface area (Å²) < 4.78 is 5.83. The standard InChI is InChI=1S/C19H20ClN3O/c1-13(2)23(17-10-4-14(3)5-11-17)12-18-21-22-19(24-18)15-6-8-16(20)9-7-15/h4-11,13H,12H2,1-3H3. The van der Waals surface area contributed by atoms with Crippen molar-refractivity contribution in [2.24, 2.45) is 0 Å². The van der Waals surface area contributed by atoms with E-state index in [9.17, 15) is 0 Å². The van der Waals surface area contributed by atoms with Crippen molar-refractivity contribution in [3.05, 3.63) is 65.0 Å². The third-order valence-corrected chi connectivity index (χ3v) is 4.10. The zero-order valence-electron chi connectivity index (χ0n) is 14.0. The molecular formula is C19H20ClN3O. The summed E-state index contributed by atoms with van der Waals surface area (Å²) in [7, 11) is 0. The number of nitrogens with zero attached hydrogens (tertiary/aromatic N) is 3. The highest BCUT2D eigenvalue weighted by molar-refractivity contribution is 6.30. The van der Waals surface area contributed by atoms with Gasteiger partial charge in [-0.1, -0.05) is 29.3 Å². The van der Waals surface area contributed by atoms with Gasteiger partial charge in [0.2, 0.25) is 11.8 Å². The fourth-order valence-electron chi connectivity index (χ4n) is 2.48. The molecule has 3 aromatic rings. The van der Waals surface area contributed by atoms with Crippen molar-refractivity contribution in [3.63, 3.8) is 0 Å². The molecule has 24 heavy (non-hydrogen) atoms. The first-order valence-corrected chi connectivity index (χ1v) is 8.32. The van der Waals surface area contributed by atoms with Gasteiger partial charge in [0, 0.05) is 22.3 Å². The third kappa shape index (κ3) is 3.77. The maximum absolute atomic E-state index is 5.91. The molecule has 0 N–H and O–H groups in total. The summed E-state index contributed by atoms with van der Waals surface area (Å²) in [5, 5.41) is 9.02. The predicted octanol–water partition coefficient (Wildman–Crippen LogP) is 5.11. The van der Waals surface area contributed by atoms with Gasteiger partial charge in [0.05, 0.1) is 6.54 Å². The molecule has 1 heterocycles. The maximum atomic E-state index is 5.91. The molecule has 0 aliphatic carbocycles. The number of hydrogen-bond acceptors (Lipinski definition) is 4. The van der Waals surface area contributed by atoms with Gasteiger partial charge in [0.1, 0.15) is 0 Å². The summed E-state index contributed by atoms with van der Waals surface area (Å²) in [6, 6.07) is 16.1. The molecule has 5 heteroatoms. The lowest BCUT2D eigenvalue weighted by atomic mass is 10.2. The first kappa shape index (κ1) is 16.5. The SMILES string of the molecule is Cc1ccc(N(Cc2nnc(-c3ccc(Cl)cc3)o2)C(C)C)cc1. The summed E-state index contributed by atoms with van der Waals surface area (Å²) in [5.74, 6) is 1.10. The molecule has 124 valence electrons. The normalized spacial score (nSPS) is 11.0. The molecule has 0 fully saturated rings. The molecule has 0 bridgehead atoms. The van der Waals surface area contributed by atoms with Crippen molar-refractivity contribution in [1.82, 2.24) is 10.2 Å². The topological polar surface area (TPSA) is 42.2 Å². The minimum absolute atomic E-state index is 0.318. The van der Waals surface area contributed by atoms with Crippen molar-refractivity contribution in [2.75, 3.05) is 4.90 Å². The Morgan fingerprint density at radius 1 is 1.00 bits per heavy atom. The van der Waals surface area contributed by atoms with Crippen LogP contribution in [0.1, 0.15) is 25.3 Å². The van der Waals surface area contributed by atoms with Crippen molar-refractivity contribution in [1.29, 1.82) is 0 Å². The molecular weight excluding hydrogens is 322 g/mol. The van der Waals surface area contributed by atoms with E-state index in [-0.39, 0.29) is 0 Å². The smallest absolute Gasteiger partial charge is 0.247 e. The van der Waals surface area contributed by atoms with Crippen molar-refractivity contribution in [3.8, 4) is 11.5 Å². The lowest BCUT2D eigenvalue weighted by Gasteiger charge is -2.27. The highest BCUT2D eigenvalue weighted by atomic mass is 35.5. The van der Waals surface area contributed by atoms with Crippen LogP contribution in [0, 0.1) is 6.92 Å². The van der Waals surface area contributed by atoms with Crippen LogP contribution in [-0.2, 0) is 6.54 Å². The average molecular weight is 342 g/mol. The first-order valence-electron chi connectivity index (χ1n) is 7.94. The molecule has 0 atom stereocenters. The largest absolute Gasteiger partial charge is 0.419 e. The van der Waals surface area contributed by atoms with E-state index in [0.717, 1.165) is 11.3 Å². The number of hydrogen-bond donors (Lipinski definition) is 0. The Bertz CT molecular complexity index is 794. The maximum Gasteiger partial charge on any atom is 0.247 e. The van der Waals surface area contributed by atoms with Crippen LogP contribution in [-0.4, -0.2) is 16.2 Å². The second-order valence-corrected chi connectivity index (χ2v) is 6.50. The molecule has 0 saturated carbocycles. The monoisotopic (exact) mass is 341 g/mol. The molecule has 3 rings (SSSR count). The Kier molecular flexibility index (Phi) is 4.86. The van der Waals surface area contributed by atoms with Gasteiger partial charge in [-0.05, 0) is 57.2 Å². The van der Waals surface area contributed by atoms with Crippen LogP contribution in [0.15, 0.2) is 52.9 Å². The van der Waals surface area contributed by atoms with Crippen molar-refractivity contribution >= 4 is 17.3 Å². The molecule has 0 radical (unpaired) electrons. The van der Waals surface area contributed by atoms with E-state index in [2.05, 4.69) is 60.1 Å². The van der Waals surface area contributed by atoms with Gasteiger partial charge in [0.25, 0.3) is 0 Å². The highest BCUT2D eigenvalue weighted by Crippen LogP contribution is 2.23. The summed E-state index contributed by atoms with van der Waals surface area (Å²) in [4.78, 5) is 2.23. The highest BCUT2D eigenvalue weighted by Gasteiger charge is 2.16. The van der Waals surface area contributed by atoms with E-state index in [1.165, 1.54) is 5.56 Å². The van der Waals surface area contributed by atoms with Crippen molar-refractivity contribution in [2.45, 2.75) is 33.4 Å². The first-order chi connectivity index (χ1) is 11.5. The lowest BCUT2D eigenvalue weighted by Crippen LogP contribution is -2.30. The van der Waals surface area contributed by atoms with Crippen LogP contribution in [0.3, 0.4) is 0 Å². The van der Waals surface area contributed by atoms with Crippen LogP contribution in [0.5, 0.6) is 0 Å². The van der Waals surface area contributed by atoms with E-state index >= 15 is 0 Å². The van der Waals surface area contributed by atoms with Crippen LogP contribution >= 0.6 is 11.6 Å². The molecule has 0 saturated heterocycles. The summed E-state index contributed by atoms with van der Waals surface area (Å²) >= 11 is 5.91. The number of halogens is 1. The van der Waals surface area contributed by atoms with E-state index in [1.807, 2.05) is 24.3 Å². The van der Waals surface area contributed by atoms with Gasteiger partial charge in [-0.15, -0.1) is 10.2 Å². The van der Waals surface area contributed by atoms with Gasteiger partial charge in [0.15, 0.2) is 0 Å². The number of benzene rings is 2. The zero-order chi connectivity index (χ0) is 17.1. The van der Waals surface area contributed by atoms with Crippen LogP contribution < -0.4 is 4.90 Å². The van der Waals surface area contributed by atoms with E-state index in [0.29, 0.717) is 29.4 Å². The Morgan fingerprint density at radius 2 is 1.67 bits per heavy atom. The molecule has 1 aromatic heterocycles. The quantitative estimate of drug-likeness (QED) is 0.646. The van der Waals surface area contributed by atoms with Gasteiger partial charge < -0.3 is 9.32 Å². The van der Waals surface area contributed by atoms with Gasteiger partial charge in [-0.2, -0.15) is 0 Å². The van der Waals surface area contributed by atoms with Gasteiger partial charge >= 0.3 is 0 Å². The Balaban J connectivity index is 1.81. The minimum atomic E-state index is 0.318. The second-order valence-electron chi connectivity index (χ2n) is 6.07. The molecule has 0 unspecified atom stereocenters. The van der Waals surface area contributed by atoms with Crippen LogP contribution in [0.2, 0.25) is 5.02 Å². The van der Waals surface area contributed by atoms with Crippen LogP contribution in [0.4, 0.5) is 5.69 Å². The van der Waals surface area contributed by atoms with E-state index in [4.69, 9.17) is 16.0 Å².